The van der Waals surface area contributed by atoms with Crippen molar-refractivity contribution in [2.24, 2.45) is 5.92 Å². The van der Waals surface area contributed by atoms with Gasteiger partial charge in [-0.15, -0.1) is 0 Å². The van der Waals surface area contributed by atoms with Crippen molar-refractivity contribution in [2.75, 3.05) is 13.6 Å². The average molecular weight is 395 g/mol. The third-order valence-electron chi connectivity index (χ3n) is 3.64. The fourth-order valence-electron chi connectivity index (χ4n) is 2.21. The zero-order chi connectivity index (χ0) is 17.7. The third kappa shape index (κ3) is 4.67. The maximum atomic E-state index is 12.1. The highest BCUT2D eigenvalue weighted by molar-refractivity contribution is 9.10. The standard InChI is InChI=1S/C17H19BrN2O4/c1-11(17(22)23)10-20(2)16(21)8-7-15-19-9-14(24-15)12-5-3-4-6-13(12)18/h3-6,9,11H,7-8,10H2,1-2H3,(H,22,23). The normalized spacial score (nSPS) is 12.0. The molecule has 0 aliphatic rings. The van der Waals surface area contributed by atoms with Crippen LogP contribution in [0.2, 0.25) is 0 Å². The van der Waals surface area contributed by atoms with Crippen LogP contribution in [0.1, 0.15) is 19.2 Å². The van der Waals surface area contributed by atoms with Gasteiger partial charge in [0.25, 0.3) is 0 Å². The molecule has 0 bridgehead atoms. The number of aryl methyl sites for hydroxylation is 1. The Labute approximate surface area is 148 Å². The molecular weight excluding hydrogens is 376 g/mol. The van der Waals surface area contributed by atoms with Crippen LogP contribution in [-0.4, -0.2) is 40.5 Å². The molecule has 128 valence electrons. The molecule has 1 aromatic carbocycles. The minimum Gasteiger partial charge on any atom is -0.481 e. The summed E-state index contributed by atoms with van der Waals surface area (Å²) in [4.78, 5) is 28.5. The minimum absolute atomic E-state index is 0.135. The summed E-state index contributed by atoms with van der Waals surface area (Å²) >= 11 is 3.46. The topological polar surface area (TPSA) is 83.6 Å². The highest BCUT2D eigenvalue weighted by atomic mass is 79.9. The summed E-state index contributed by atoms with van der Waals surface area (Å²) < 4.78 is 6.60. The van der Waals surface area contributed by atoms with Gasteiger partial charge in [0.1, 0.15) is 0 Å². The number of aliphatic carboxylic acids is 1. The van der Waals surface area contributed by atoms with Crippen LogP contribution >= 0.6 is 15.9 Å². The molecule has 24 heavy (non-hydrogen) atoms. The molecule has 1 N–H and O–H groups in total. The summed E-state index contributed by atoms with van der Waals surface area (Å²) in [6.45, 7) is 1.76. The number of rotatable bonds is 7. The number of nitrogens with zero attached hydrogens (tertiary/aromatic N) is 2. The Hall–Kier alpha value is -2.15. The number of carboxylic acid groups (broad SMARTS) is 1. The summed E-state index contributed by atoms with van der Waals surface area (Å²) in [6.07, 6.45) is 2.23. The molecule has 1 amide bonds. The Morgan fingerprint density at radius 1 is 1.38 bits per heavy atom. The van der Waals surface area contributed by atoms with Gasteiger partial charge in [0.15, 0.2) is 11.7 Å². The van der Waals surface area contributed by atoms with Crippen LogP contribution in [0.3, 0.4) is 0 Å². The maximum absolute atomic E-state index is 12.1. The molecule has 6 nitrogen and oxygen atoms in total. The SMILES string of the molecule is CC(CN(C)C(=O)CCc1ncc(-c2ccccc2Br)o1)C(=O)O. The lowest BCUT2D eigenvalue weighted by Crippen LogP contribution is -2.33. The molecule has 0 spiro atoms. The van der Waals surface area contributed by atoms with E-state index in [1.54, 1.807) is 20.2 Å². The van der Waals surface area contributed by atoms with Crippen LogP contribution in [0.4, 0.5) is 0 Å². The summed E-state index contributed by atoms with van der Waals surface area (Å²) in [5.74, 6) is -0.529. The van der Waals surface area contributed by atoms with Gasteiger partial charge in [-0.2, -0.15) is 0 Å². The fourth-order valence-corrected chi connectivity index (χ4v) is 2.69. The van der Waals surface area contributed by atoms with Crippen molar-refractivity contribution in [1.29, 1.82) is 0 Å². The zero-order valence-corrected chi connectivity index (χ0v) is 15.1. The number of hydrogen-bond acceptors (Lipinski definition) is 4. The van der Waals surface area contributed by atoms with Crippen LogP contribution in [-0.2, 0) is 16.0 Å². The number of carbonyl (C=O) groups excluding carboxylic acids is 1. The first kappa shape index (κ1) is 18.2. The molecular formula is C17H19BrN2O4. The Kier molecular flexibility index (Phi) is 6.14. The van der Waals surface area contributed by atoms with Crippen molar-refractivity contribution < 1.29 is 19.1 Å². The molecule has 0 saturated carbocycles. The van der Waals surface area contributed by atoms with Gasteiger partial charge < -0.3 is 14.4 Å². The summed E-state index contributed by atoms with van der Waals surface area (Å²) in [5, 5.41) is 8.89. The highest BCUT2D eigenvalue weighted by Gasteiger charge is 2.18. The molecule has 0 aliphatic heterocycles. The van der Waals surface area contributed by atoms with E-state index < -0.39 is 11.9 Å². The van der Waals surface area contributed by atoms with E-state index in [0.29, 0.717) is 18.1 Å². The minimum atomic E-state index is -0.916. The summed E-state index contributed by atoms with van der Waals surface area (Å²) in [7, 11) is 1.60. The first-order valence-corrected chi connectivity index (χ1v) is 8.34. The van der Waals surface area contributed by atoms with Gasteiger partial charge in [0.05, 0.1) is 12.1 Å². The number of hydrogen-bond donors (Lipinski definition) is 1. The van der Waals surface area contributed by atoms with Crippen LogP contribution in [0.15, 0.2) is 39.4 Å². The molecule has 7 heteroatoms. The van der Waals surface area contributed by atoms with E-state index >= 15 is 0 Å². The monoisotopic (exact) mass is 394 g/mol. The van der Waals surface area contributed by atoms with E-state index in [2.05, 4.69) is 20.9 Å². The Morgan fingerprint density at radius 3 is 2.75 bits per heavy atom. The lowest BCUT2D eigenvalue weighted by Gasteiger charge is -2.19. The van der Waals surface area contributed by atoms with Gasteiger partial charge in [-0.25, -0.2) is 4.98 Å². The number of benzene rings is 1. The Morgan fingerprint density at radius 2 is 2.08 bits per heavy atom. The van der Waals surface area contributed by atoms with E-state index in [-0.39, 0.29) is 18.9 Å². The number of halogens is 1. The zero-order valence-electron chi connectivity index (χ0n) is 13.5. The molecule has 0 fully saturated rings. The number of aromatic nitrogens is 1. The lowest BCUT2D eigenvalue weighted by atomic mass is 10.1. The molecule has 1 atom stereocenters. The summed E-state index contributed by atoms with van der Waals surface area (Å²) in [5.41, 5.74) is 0.898. The second-order valence-corrected chi connectivity index (χ2v) is 6.47. The van der Waals surface area contributed by atoms with Gasteiger partial charge in [0, 0.05) is 36.5 Å². The van der Waals surface area contributed by atoms with E-state index in [4.69, 9.17) is 9.52 Å². The third-order valence-corrected chi connectivity index (χ3v) is 4.33. The van der Waals surface area contributed by atoms with Crippen LogP contribution in [0, 0.1) is 5.92 Å². The molecule has 0 radical (unpaired) electrons. The second kappa shape index (κ2) is 8.10. The Bertz CT molecular complexity index is 729. The molecule has 1 heterocycles. The van der Waals surface area contributed by atoms with E-state index in [1.807, 2.05) is 24.3 Å². The van der Waals surface area contributed by atoms with Crippen molar-refractivity contribution in [3.8, 4) is 11.3 Å². The smallest absolute Gasteiger partial charge is 0.308 e. The number of amides is 1. The van der Waals surface area contributed by atoms with Crippen molar-refractivity contribution in [3.05, 3.63) is 40.8 Å². The maximum Gasteiger partial charge on any atom is 0.308 e. The van der Waals surface area contributed by atoms with Gasteiger partial charge in [-0.05, 0) is 6.07 Å². The summed E-state index contributed by atoms with van der Waals surface area (Å²) in [6, 6.07) is 7.65. The first-order chi connectivity index (χ1) is 11.4. The predicted molar refractivity (Wildman–Crippen MR) is 92.4 cm³/mol. The van der Waals surface area contributed by atoms with Gasteiger partial charge >= 0.3 is 5.97 Å². The van der Waals surface area contributed by atoms with E-state index in [0.717, 1.165) is 10.0 Å². The molecule has 1 unspecified atom stereocenters. The van der Waals surface area contributed by atoms with Crippen molar-refractivity contribution in [2.45, 2.75) is 19.8 Å². The van der Waals surface area contributed by atoms with Crippen molar-refractivity contribution >= 4 is 27.8 Å². The van der Waals surface area contributed by atoms with Crippen LogP contribution in [0.25, 0.3) is 11.3 Å². The van der Waals surface area contributed by atoms with Crippen LogP contribution < -0.4 is 0 Å². The van der Waals surface area contributed by atoms with Crippen molar-refractivity contribution in [3.63, 3.8) is 0 Å². The largest absolute Gasteiger partial charge is 0.481 e. The van der Waals surface area contributed by atoms with E-state index in [1.165, 1.54) is 4.90 Å². The van der Waals surface area contributed by atoms with Gasteiger partial charge in [0.2, 0.25) is 5.91 Å². The van der Waals surface area contributed by atoms with Crippen molar-refractivity contribution in [1.82, 2.24) is 9.88 Å². The molecule has 2 rings (SSSR count). The second-order valence-electron chi connectivity index (χ2n) is 5.61. The van der Waals surface area contributed by atoms with Gasteiger partial charge in [-0.1, -0.05) is 41.1 Å². The highest BCUT2D eigenvalue weighted by Crippen LogP contribution is 2.28. The van der Waals surface area contributed by atoms with Crippen LogP contribution in [0.5, 0.6) is 0 Å². The van der Waals surface area contributed by atoms with Gasteiger partial charge in [-0.3, -0.25) is 9.59 Å². The first-order valence-electron chi connectivity index (χ1n) is 7.55. The molecule has 1 aromatic heterocycles. The number of carboxylic acids is 1. The molecule has 2 aromatic rings. The quantitative estimate of drug-likeness (QED) is 0.779. The predicted octanol–water partition coefficient (Wildman–Crippen LogP) is 3.22. The number of carbonyl (C=O) groups is 2. The van der Waals surface area contributed by atoms with E-state index in [9.17, 15) is 9.59 Å². The lowest BCUT2D eigenvalue weighted by molar-refractivity contribution is -0.142. The Balaban J connectivity index is 1.92. The molecule has 0 saturated heterocycles. The molecule has 0 aliphatic carbocycles. The average Bonchev–Trinajstić information content (AvgIpc) is 3.01. The fraction of sp³-hybridized carbons (Fsp3) is 0.353. The number of oxazole rings is 1.